The van der Waals surface area contributed by atoms with E-state index in [1.54, 1.807) is 0 Å². The van der Waals surface area contributed by atoms with E-state index in [2.05, 4.69) is 70.9 Å². The van der Waals surface area contributed by atoms with Crippen molar-refractivity contribution in [3.8, 4) is 33.6 Å². The fraction of sp³-hybridized carbons (Fsp3) is 0.130. The predicted molar refractivity (Wildman–Crippen MR) is 105 cm³/mol. The Balaban J connectivity index is 1.80. The Morgan fingerprint density at radius 2 is 1.50 bits per heavy atom. The van der Waals surface area contributed by atoms with E-state index in [1.807, 2.05) is 12.3 Å². The molecule has 1 N–H and O–H groups in total. The Hall–Kier alpha value is -3.20. The van der Waals surface area contributed by atoms with Gasteiger partial charge in [-0.2, -0.15) is 5.10 Å². The lowest BCUT2D eigenvalue weighted by molar-refractivity contribution is 0.814. The molecule has 0 saturated carbocycles. The van der Waals surface area contributed by atoms with Gasteiger partial charge in [-0.15, -0.1) is 0 Å². The van der Waals surface area contributed by atoms with Gasteiger partial charge in [0.25, 0.3) is 0 Å². The SMILES string of the molecule is c1ccc(-c2cc3c(nc2-c2ccccc2)CCCc2cn[nH]c2-3)cc1. The molecule has 0 unspecified atom stereocenters. The van der Waals surface area contributed by atoms with Crippen LogP contribution in [0.5, 0.6) is 0 Å². The summed E-state index contributed by atoms with van der Waals surface area (Å²) in [6.45, 7) is 0. The van der Waals surface area contributed by atoms with Crippen LogP contribution in [0.25, 0.3) is 33.6 Å². The second-order valence-corrected chi connectivity index (χ2v) is 6.73. The maximum absolute atomic E-state index is 5.15. The van der Waals surface area contributed by atoms with Gasteiger partial charge in [-0.05, 0) is 36.5 Å². The summed E-state index contributed by atoms with van der Waals surface area (Å²) in [5.41, 5.74) is 9.32. The van der Waals surface area contributed by atoms with E-state index in [-0.39, 0.29) is 0 Å². The first-order valence-corrected chi connectivity index (χ1v) is 9.07. The third kappa shape index (κ3) is 2.53. The zero-order chi connectivity index (χ0) is 17.3. The second-order valence-electron chi connectivity index (χ2n) is 6.73. The van der Waals surface area contributed by atoms with Gasteiger partial charge >= 0.3 is 0 Å². The van der Waals surface area contributed by atoms with Gasteiger partial charge in [-0.1, -0.05) is 60.7 Å². The molecule has 0 radical (unpaired) electrons. The van der Waals surface area contributed by atoms with Crippen LogP contribution in [0.15, 0.2) is 72.9 Å². The Kier molecular flexibility index (Phi) is 3.64. The van der Waals surface area contributed by atoms with Gasteiger partial charge in [0, 0.05) is 16.7 Å². The number of nitrogens with zero attached hydrogens (tertiary/aromatic N) is 2. The molecule has 126 valence electrons. The van der Waals surface area contributed by atoms with Crippen molar-refractivity contribution in [1.29, 1.82) is 0 Å². The minimum absolute atomic E-state index is 0.993. The molecule has 2 aromatic heterocycles. The van der Waals surface area contributed by atoms with Crippen LogP contribution in [0.4, 0.5) is 0 Å². The van der Waals surface area contributed by atoms with Crippen LogP contribution in [0.3, 0.4) is 0 Å². The average Bonchev–Trinajstić information content (AvgIpc) is 3.10. The number of pyridine rings is 1. The topological polar surface area (TPSA) is 41.6 Å². The second kappa shape index (κ2) is 6.26. The van der Waals surface area contributed by atoms with Crippen molar-refractivity contribution in [2.24, 2.45) is 0 Å². The molecular weight excluding hydrogens is 318 g/mol. The van der Waals surface area contributed by atoms with Gasteiger partial charge in [0.2, 0.25) is 0 Å². The van der Waals surface area contributed by atoms with Crippen molar-refractivity contribution < 1.29 is 0 Å². The van der Waals surface area contributed by atoms with E-state index in [0.29, 0.717) is 0 Å². The van der Waals surface area contributed by atoms with Crippen LogP contribution in [0, 0.1) is 0 Å². The summed E-state index contributed by atoms with van der Waals surface area (Å²) < 4.78 is 0. The van der Waals surface area contributed by atoms with E-state index >= 15 is 0 Å². The molecule has 5 rings (SSSR count). The van der Waals surface area contributed by atoms with Crippen LogP contribution >= 0.6 is 0 Å². The van der Waals surface area contributed by atoms with Crippen LogP contribution in [0.1, 0.15) is 17.7 Å². The molecule has 0 saturated heterocycles. The standard InChI is InChI=1S/C23H19N3/c1-3-8-16(9-4-1)19-14-20-21(13-7-12-18-15-24-26-23(18)20)25-22(19)17-10-5-2-6-11-17/h1-6,8-11,14-15H,7,12-13H2,(H,24,26). The van der Waals surface area contributed by atoms with Crippen molar-refractivity contribution >= 4 is 0 Å². The molecule has 3 heteroatoms. The number of hydrogen-bond acceptors (Lipinski definition) is 2. The summed E-state index contributed by atoms with van der Waals surface area (Å²) in [4.78, 5) is 5.15. The highest BCUT2D eigenvalue weighted by molar-refractivity contribution is 5.85. The van der Waals surface area contributed by atoms with Gasteiger partial charge < -0.3 is 0 Å². The lowest BCUT2D eigenvalue weighted by Crippen LogP contribution is -1.99. The maximum Gasteiger partial charge on any atom is 0.0784 e. The molecule has 3 nitrogen and oxygen atoms in total. The summed E-state index contributed by atoms with van der Waals surface area (Å²) in [6, 6.07) is 23.3. The third-order valence-corrected chi connectivity index (χ3v) is 5.08. The smallest absolute Gasteiger partial charge is 0.0784 e. The van der Waals surface area contributed by atoms with Gasteiger partial charge in [0.15, 0.2) is 0 Å². The number of fused-ring (bicyclic) bond motifs is 3. The molecule has 0 fully saturated rings. The van der Waals surface area contributed by atoms with E-state index in [4.69, 9.17) is 4.98 Å². The monoisotopic (exact) mass is 337 g/mol. The summed E-state index contributed by atoms with van der Waals surface area (Å²) in [5.74, 6) is 0. The molecule has 0 bridgehead atoms. The van der Waals surface area contributed by atoms with Crippen molar-refractivity contribution in [3.63, 3.8) is 0 Å². The Morgan fingerprint density at radius 1 is 0.769 bits per heavy atom. The highest BCUT2D eigenvalue weighted by Crippen LogP contribution is 2.38. The number of benzene rings is 2. The molecule has 0 spiro atoms. The zero-order valence-corrected chi connectivity index (χ0v) is 14.4. The van der Waals surface area contributed by atoms with Crippen LogP contribution in [-0.4, -0.2) is 15.2 Å². The first-order chi connectivity index (χ1) is 12.9. The lowest BCUT2D eigenvalue weighted by Gasteiger charge is -2.15. The maximum atomic E-state index is 5.15. The molecule has 0 atom stereocenters. The van der Waals surface area contributed by atoms with Crippen molar-refractivity contribution in [1.82, 2.24) is 15.2 Å². The summed E-state index contributed by atoms with van der Waals surface area (Å²) in [7, 11) is 0. The number of nitrogens with one attached hydrogen (secondary N) is 1. The quantitative estimate of drug-likeness (QED) is 0.539. The molecular formula is C23H19N3. The minimum atomic E-state index is 0.993. The minimum Gasteiger partial charge on any atom is -0.277 e. The van der Waals surface area contributed by atoms with Crippen LogP contribution in [-0.2, 0) is 12.8 Å². The molecule has 0 amide bonds. The molecule has 1 aliphatic rings. The van der Waals surface area contributed by atoms with Crippen molar-refractivity contribution in [3.05, 3.63) is 84.2 Å². The first kappa shape index (κ1) is 15.1. The van der Waals surface area contributed by atoms with Crippen molar-refractivity contribution in [2.45, 2.75) is 19.3 Å². The van der Waals surface area contributed by atoms with Crippen LogP contribution in [0.2, 0.25) is 0 Å². The van der Waals surface area contributed by atoms with E-state index in [9.17, 15) is 0 Å². The first-order valence-electron chi connectivity index (χ1n) is 9.07. The van der Waals surface area contributed by atoms with Gasteiger partial charge in [-0.25, -0.2) is 0 Å². The fourth-order valence-corrected chi connectivity index (χ4v) is 3.79. The molecule has 2 heterocycles. The number of aryl methyl sites for hydroxylation is 2. The Labute approximate surface area is 152 Å². The molecule has 4 aromatic rings. The van der Waals surface area contributed by atoms with Crippen LogP contribution < -0.4 is 0 Å². The highest BCUT2D eigenvalue weighted by atomic mass is 15.1. The van der Waals surface area contributed by atoms with Gasteiger partial charge in [-0.3, -0.25) is 10.1 Å². The third-order valence-electron chi connectivity index (χ3n) is 5.08. The number of H-pyrrole nitrogens is 1. The number of hydrogen-bond donors (Lipinski definition) is 1. The van der Waals surface area contributed by atoms with E-state index in [0.717, 1.165) is 47.5 Å². The van der Waals surface area contributed by atoms with E-state index in [1.165, 1.54) is 16.7 Å². The van der Waals surface area contributed by atoms with Gasteiger partial charge in [0.05, 0.1) is 23.3 Å². The molecule has 26 heavy (non-hydrogen) atoms. The fourth-order valence-electron chi connectivity index (χ4n) is 3.79. The number of aromatic amines is 1. The Bertz CT molecular complexity index is 1050. The summed E-state index contributed by atoms with van der Waals surface area (Å²) >= 11 is 0. The summed E-state index contributed by atoms with van der Waals surface area (Å²) in [6.07, 6.45) is 5.10. The molecule has 1 aliphatic carbocycles. The Morgan fingerprint density at radius 3 is 2.27 bits per heavy atom. The summed E-state index contributed by atoms with van der Waals surface area (Å²) in [5, 5.41) is 7.48. The lowest BCUT2D eigenvalue weighted by atomic mass is 9.95. The molecule has 0 aliphatic heterocycles. The molecule has 2 aromatic carbocycles. The number of aromatic nitrogens is 3. The zero-order valence-electron chi connectivity index (χ0n) is 14.4. The number of rotatable bonds is 2. The average molecular weight is 337 g/mol. The normalized spacial score (nSPS) is 12.9. The highest BCUT2D eigenvalue weighted by Gasteiger charge is 2.21. The van der Waals surface area contributed by atoms with Gasteiger partial charge in [0.1, 0.15) is 0 Å². The van der Waals surface area contributed by atoms with Crippen molar-refractivity contribution in [2.75, 3.05) is 0 Å². The largest absolute Gasteiger partial charge is 0.277 e. The van der Waals surface area contributed by atoms with E-state index < -0.39 is 0 Å². The predicted octanol–water partition coefficient (Wildman–Crippen LogP) is 5.29.